The number of nitrogens with one attached hydrogen (secondary N) is 1. The Morgan fingerprint density at radius 3 is 2.44 bits per heavy atom. The topological polar surface area (TPSA) is 104 Å². The molecule has 36 heavy (non-hydrogen) atoms. The highest BCUT2D eigenvalue weighted by atomic mass is 79.9. The molecule has 0 saturated heterocycles. The normalized spacial score (nSPS) is 10.6. The molecule has 1 amide bonds. The lowest BCUT2D eigenvalue weighted by molar-refractivity contribution is -0.134. The standard InChI is InChI=1S/C27H22BrNO7/c1-17-26(36-20-9-7-19(28)8-10-20)25(31)22-12-11-21(15-23(22)34-17)35-24(30)13-14-29-27(32)33-16-18-5-3-2-4-6-18/h2-12,15H,13-14,16H2,1H3,(H,29,32). The minimum Gasteiger partial charge on any atom is -0.457 e. The van der Waals surface area contributed by atoms with Crippen molar-refractivity contribution in [3.8, 4) is 17.2 Å². The van der Waals surface area contributed by atoms with Gasteiger partial charge < -0.3 is 23.9 Å². The Balaban J connectivity index is 1.33. The van der Waals surface area contributed by atoms with Gasteiger partial charge in [-0.05, 0) is 48.9 Å². The summed E-state index contributed by atoms with van der Waals surface area (Å²) in [5.74, 6) is 0.517. The number of rotatable bonds is 8. The first-order valence-electron chi connectivity index (χ1n) is 11.0. The van der Waals surface area contributed by atoms with Crippen molar-refractivity contribution >= 4 is 39.0 Å². The van der Waals surface area contributed by atoms with Crippen LogP contribution in [0.15, 0.2) is 86.5 Å². The Bertz CT molecular complexity index is 1430. The van der Waals surface area contributed by atoms with Crippen LogP contribution < -0.4 is 20.2 Å². The molecule has 0 spiro atoms. The van der Waals surface area contributed by atoms with Crippen molar-refractivity contribution < 1.29 is 28.2 Å². The lowest BCUT2D eigenvalue weighted by Crippen LogP contribution is -2.27. The first-order chi connectivity index (χ1) is 17.4. The van der Waals surface area contributed by atoms with Crippen LogP contribution >= 0.6 is 15.9 Å². The Kier molecular flexibility index (Phi) is 8.02. The summed E-state index contributed by atoms with van der Waals surface area (Å²) in [6.07, 6.45) is -0.697. The Morgan fingerprint density at radius 1 is 0.972 bits per heavy atom. The number of ether oxygens (including phenoxy) is 3. The number of carbonyl (C=O) groups is 2. The Hall–Kier alpha value is -4.11. The van der Waals surface area contributed by atoms with Crippen LogP contribution in [0, 0.1) is 6.92 Å². The molecule has 0 bridgehead atoms. The molecule has 0 saturated carbocycles. The van der Waals surface area contributed by atoms with E-state index in [0.717, 1.165) is 10.0 Å². The summed E-state index contributed by atoms with van der Waals surface area (Å²) in [5.41, 5.74) is 0.776. The molecule has 1 N–H and O–H groups in total. The monoisotopic (exact) mass is 551 g/mol. The van der Waals surface area contributed by atoms with Crippen LogP contribution in [0.5, 0.6) is 17.2 Å². The number of alkyl carbamates (subject to hydrolysis) is 1. The van der Waals surface area contributed by atoms with E-state index in [-0.39, 0.29) is 53.2 Å². The number of benzene rings is 3. The molecule has 8 nitrogen and oxygen atoms in total. The second kappa shape index (κ2) is 11.5. The number of fused-ring (bicyclic) bond motifs is 1. The molecule has 0 radical (unpaired) electrons. The third kappa shape index (κ3) is 6.51. The van der Waals surface area contributed by atoms with E-state index in [4.69, 9.17) is 18.6 Å². The molecule has 4 rings (SSSR count). The first-order valence-corrected chi connectivity index (χ1v) is 11.8. The molecule has 0 aliphatic carbocycles. The number of hydrogen-bond donors (Lipinski definition) is 1. The molecule has 0 atom stereocenters. The van der Waals surface area contributed by atoms with E-state index in [0.29, 0.717) is 5.75 Å². The van der Waals surface area contributed by atoms with Gasteiger partial charge in [-0.2, -0.15) is 0 Å². The smallest absolute Gasteiger partial charge is 0.407 e. The summed E-state index contributed by atoms with van der Waals surface area (Å²) in [4.78, 5) is 36.9. The fourth-order valence-corrected chi connectivity index (χ4v) is 3.56. The van der Waals surface area contributed by atoms with Crippen LogP contribution in [0.2, 0.25) is 0 Å². The molecule has 4 aromatic rings. The van der Waals surface area contributed by atoms with E-state index in [2.05, 4.69) is 21.2 Å². The van der Waals surface area contributed by atoms with Gasteiger partial charge in [-0.3, -0.25) is 9.59 Å². The van der Waals surface area contributed by atoms with Crippen LogP contribution in [0.3, 0.4) is 0 Å². The molecule has 0 aliphatic heterocycles. The van der Waals surface area contributed by atoms with E-state index in [9.17, 15) is 14.4 Å². The number of aryl methyl sites for hydroxylation is 1. The van der Waals surface area contributed by atoms with Gasteiger partial charge in [0.2, 0.25) is 11.2 Å². The van der Waals surface area contributed by atoms with Crippen LogP contribution in [0.1, 0.15) is 17.7 Å². The lowest BCUT2D eigenvalue weighted by Gasteiger charge is -2.10. The molecule has 0 fully saturated rings. The third-order valence-corrected chi connectivity index (χ3v) is 5.59. The molecule has 0 unspecified atom stereocenters. The van der Waals surface area contributed by atoms with E-state index >= 15 is 0 Å². The Morgan fingerprint density at radius 2 is 1.69 bits per heavy atom. The third-order valence-electron chi connectivity index (χ3n) is 5.06. The summed E-state index contributed by atoms with van der Waals surface area (Å²) in [6, 6.07) is 20.8. The SMILES string of the molecule is Cc1oc2cc(OC(=O)CCNC(=O)OCc3ccccc3)ccc2c(=O)c1Oc1ccc(Br)cc1. The van der Waals surface area contributed by atoms with Crippen LogP contribution in [0.4, 0.5) is 4.79 Å². The quantitative estimate of drug-likeness (QED) is 0.215. The van der Waals surface area contributed by atoms with Gasteiger partial charge >= 0.3 is 12.1 Å². The van der Waals surface area contributed by atoms with Gasteiger partial charge in [0.15, 0.2) is 0 Å². The average molecular weight is 552 g/mol. The minimum atomic E-state index is -0.629. The first kappa shape index (κ1) is 25.0. The van der Waals surface area contributed by atoms with Crippen molar-refractivity contribution in [1.29, 1.82) is 0 Å². The maximum atomic E-state index is 12.9. The zero-order valence-electron chi connectivity index (χ0n) is 19.3. The molecular formula is C27H22BrNO7. The molecule has 184 valence electrons. The molecule has 0 aliphatic rings. The van der Waals surface area contributed by atoms with Crippen molar-refractivity contribution in [2.75, 3.05) is 6.54 Å². The highest BCUT2D eigenvalue weighted by Gasteiger charge is 2.16. The van der Waals surface area contributed by atoms with Gasteiger partial charge in [-0.1, -0.05) is 46.3 Å². The van der Waals surface area contributed by atoms with Gasteiger partial charge in [-0.25, -0.2) is 4.79 Å². The predicted octanol–water partition coefficient (Wildman–Crippen LogP) is 5.88. The fraction of sp³-hybridized carbons (Fsp3) is 0.148. The van der Waals surface area contributed by atoms with Gasteiger partial charge in [0, 0.05) is 17.1 Å². The summed E-state index contributed by atoms with van der Waals surface area (Å²) in [7, 11) is 0. The lowest BCUT2D eigenvalue weighted by atomic mass is 10.2. The predicted molar refractivity (Wildman–Crippen MR) is 136 cm³/mol. The van der Waals surface area contributed by atoms with Crippen molar-refractivity contribution in [3.05, 3.63) is 98.8 Å². The number of hydrogen-bond acceptors (Lipinski definition) is 7. The highest BCUT2D eigenvalue weighted by Crippen LogP contribution is 2.28. The van der Waals surface area contributed by atoms with Gasteiger partial charge in [0.25, 0.3) is 0 Å². The maximum Gasteiger partial charge on any atom is 0.407 e. The Labute approximate surface area is 214 Å². The van der Waals surface area contributed by atoms with Gasteiger partial charge in [0.05, 0.1) is 11.8 Å². The number of halogens is 1. The van der Waals surface area contributed by atoms with E-state index in [1.54, 1.807) is 31.2 Å². The summed E-state index contributed by atoms with van der Waals surface area (Å²) < 4.78 is 22.8. The van der Waals surface area contributed by atoms with Crippen molar-refractivity contribution in [3.63, 3.8) is 0 Å². The second-order valence-corrected chi connectivity index (χ2v) is 8.66. The molecule has 1 heterocycles. The zero-order chi connectivity index (χ0) is 25.5. The summed E-state index contributed by atoms with van der Waals surface area (Å²) in [5, 5.41) is 2.79. The van der Waals surface area contributed by atoms with Gasteiger partial charge in [0.1, 0.15) is 29.4 Å². The summed E-state index contributed by atoms with van der Waals surface area (Å²) in [6.45, 7) is 1.80. The van der Waals surface area contributed by atoms with E-state index in [1.165, 1.54) is 18.2 Å². The maximum absolute atomic E-state index is 12.9. The zero-order valence-corrected chi connectivity index (χ0v) is 20.9. The second-order valence-electron chi connectivity index (χ2n) is 7.74. The fourth-order valence-electron chi connectivity index (χ4n) is 3.29. The molecule has 9 heteroatoms. The summed E-state index contributed by atoms with van der Waals surface area (Å²) >= 11 is 3.35. The van der Waals surface area contributed by atoms with Crippen molar-refractivity contribution in [1.82, 2.24) is 5.32 Å². The minimum absolute atomic E-state index is 0.0466. The van der Waals surface area contributed by atoms with Crippen molar-refractivity contribution in [2.24, 2.45) is 0 Å². The van der Waals surface area contributed by atoms with Gasteiger partial charge in [-0.15, -0.1) is 0 Å². The van der Waals surface area contributed by atoms with Crippen LogP contribution in [0.25, 0.3) is 11.0 Å². The largest absolute Gasteiger partial charge is 0.457 e. The number of carbonyl (C=O) groups excluding carboxylic acids is 2. The average Bonchev–Trinajstić information content (AvgIpc) is 2.87. The number of amides is 1. The van der Waals surface area contributed by atoms with E-state index in [1.807, 2.05) is 30.3 Å². The number of esters is 1. The molecule has 3 aromatic carbocycles. The van der Waals surface area contributed by atoms with E-state index < -0.39 is 12.1 Å². The molecular weight excluding hydrogens is 530 g/mol. The highest BCUT2D eigenvalue weighted by molar-refractivity contribution is 9.10. The van der Waals surface area contributed by atoms with Crippen LogP contribution in [-0.2, 0) is 16.1 Å². The molecule has 1 aromatic heterocycles. The van der Waals surface area contributed by atoms with Crippen molar-refractivity contribution in [2.45, 2.75) is 20.0 Å². The van der Waals surface area contributed by atoms with Crippen LogP contribution in [-0.4, -0.2) is 18.6 Å².